The summed E-state index contributed by atoms with van der Waals surface area (Å²) in [5, 5.41) is 11.8. The van der Waals surface area contributed by atoms with Crippen LogP contribution in [0.4, 0.5) is 0 Å². The number of ether oxygens (including phenoxy) is 1. The Morgan fingerprint density at radius 2 is 1.75 bits per heavy atom. The number of carbonyl (C=O) groups is 2. The highest BCUT2D eigenvalue weighted by Crippen LogP contribution is 2.42. The number of morpholine rings is 1. The molecule has 1 atom stereocenters. The third-order valence-electron chi connectivity index (χ3n) is 5.68. The van der Waals surface area contributed by atoms with Gasteiger partial charge in [0, 0.05) is 46.3 Å². The molecule has 2 aliphatic heterocycles. The van der Waals surface area contributed by atoms with Crippen molar-refractivity contribution in [3.8, 4) is 0 Å². The molecule has 32 heavy (non-hydrogen) atoms. The Morgan fingerprint density at radius 1 is 1.06 bits per heavy atom. The van der Waals surface area contributed by atoms with E-state index in [0.717, 1.165) is 17.6 Å². The van der Waals surface area contributed by atoms with Gasteiger partial charge < -0.3 is 14.7 Å². The lowest BCUT2D eigenvalue weighted by Gasteiger charge is -2.31. The first-order valence-corrected chi connectivity index (χ1v) is 11.7. The number of hydrogen-bond donors (Lipinski definition) is 1. The number of carbonyl (C=O) groups excluding carboxylic acids is 2. The Labute approximate surface area is 204 Å². The van der Waals surface area contributed by atoms with Gasteiger partial charge in [0.1, 0.15) is 5.76 Å². The molecule has 6 nitrogen and oxygen atoms in total. The summed E-state index contributed by atoms with van der Waals surface area (Å²) in [5.41, 5.74) is 0.994. The molecule has 168 valence electrons. The van der Waals surface area contributed by atoms with Crippen LogP contribution in [0.25, 0.3) is 5.76 Å². The fraction of sp³-hybridized carbons (Fsp3) is 0.304. The zero-order chi connectivity index (χ0) is 22.8. The maximum atomic E-state index is 13.1. The van der Waals surface area contributed by atoms with Crippen molar-refractivity contribution < 1.29 is 19.4 Å². The Balaban J connectivity index is 1.76. The van der Waals surface area contributed by atoms with E-state index in [1.54, 1.807) is 42.5 Å². The van der Waals surface area contributed by atoms with Gasteiger partial charge in [-0.2, -0.15) is 0 Å². The average Bonchev–Trinajstić information content (AvgIpc) is 3.03. The highest BCUT2D eigenvalue weighted by atomic mass is 79.9. The van der Waals surface area contributed by atoms with Crippen molar-refractivity contribution >= 4 is 56.6 Å². The number of rotatable bonds is 5. The number of halogens is 3. The van der Waals surface area contributed by atoms with E-state index in [0.29, 0.717) is 47.5 Å². The quantitative estimate of drug-likeness (QED) is 0.344. The standard InChI is InChI=1S/C23H21BrCl2N2O4/c24-15-3-1-14(2-4-15)21(29)19-20(17-6-5-16(25)13-18(17)26)28(23(31)22(19)30)8-7-27-9-11-32-12-10-27/h1-6,13,20,29H,7-12H2/b21-19+/t20-/m0/s1. The molecule has 0 bridgehead atoms. The van der Waals surface area contributed by atoms with Gasteiger partial charge in [0.05, 0.1) is 24.8 Å². The van der Waals surface area contributed by atoms with Gasteiger partial charge in [-0.1, -0.05) is 57.3 Å². The second-order valence-corrected chi connectivity index (χ2v) is 9.38. The molecule has 2 heterocycles. The summed E-state index contributed by atoms with van der Waals surface area (Å²) in [6, 6.07) is 11.0. The summed E-state index contributed by atoms with van der Waals surface area (Å²) in [5.74, 6) is -1.63. The van der Waals surface area contributed by atoms with Crippen LogP contribution in [0.2, 0.25) is 10.0 Å². The van der Waals surface area contributed by atoms with E-state index < -0.39 is 17.7 Å². The van der Waals surface area contributed by atoms with Crippen molar-refractivity contribution in [3.63, 3.8) is 0 Å². The molecule has 0 unspecified atom stereocenters. The van der Waals surface area contributed by atoms with E-state index in [-0.39, 0.29) is 11.3 Å². The normalized spacial score (nSPS) is 21.3. The Morgan fingerprint density at radius 3 is 2.41 bits per heavy atom. The minimum atomic E-state index is -0.815. The maximum Gasteiger partial charge on any atom is 0.295 e. The van der Waals surface area contributed by atoms with Gasteiger partial charge in [-0.25, -0.2) is 0 Å². The fourth-order valence-corrected chi connectivity index (χ4v) is 4.77. The Kier molecular flexibility index (Phi) is 7.22. The van der Waals surface area contributed by atoms with Crippen molar-refractivity contribution in [2.75, 3.05) is 39.4 Å². The van der Waals surface area contributed by atoms with Gasteiger partial charge >= 0.3 is 0 Å². The molecule has 2 aromatic carbocycles. The lowest BCUT2D eigenvalue weighted by molar-refractivity contribution is -0.140. The van der Waals surface area contributed by atoms with Gasteiger partial charge in [-0.15, -0.1) is 0 Å². The van der Waals surface area contributed by atoms with Crippen molar-refractivity contribution in [2.45, 2.75) is 6.04 Å². The first-order valence-electron chi connectivity index (χ1n) is 10.2. The van der Waals surface area contributed by atoms with E-state index in [1.807, 2.05) is 0 Å². The van der Waals surface area contributed by atoms with Crippen LogP contribution in [0.5, 0.6) is 0 Å². The predicted molar refractivity (Wildman–Crippen MR) is 127 cm³/mol. The van der Waals surface area contributed by atoms with Crippen LogP contribution in [-0.4, -0.2) is 66.0 Å². The van der Waals surface area contributed by atoms with Crippen LogP contribution in [0.1, 0.15) is 17.2 Å². The monoisotopic (exact) mass is 538 g/mol. The van der Waals surface area contributed by atoms with Gasteiger partial charge in [-0.05, 0) is 29.8 Å². The van der Waals surface area contributed by atoms with Gasteiger partial charge in [0.2, 0.25) is 0 Å². The molecule has 2 fully saturated rings. The first kappa shape index (κ1) is 23.3. The molecule has 2 aliphatic rings. The lowest BCUT2D eigenvalue weighted by atomic mass is 9.95. The third kappa shape index (κ3) is 4.72. The molecule has 2 aromatic rings. The summed E-state index contributed by atoms with van der Waals surface area (Å²) in [4.78, 5) is 29.8. The molecule has 1 N–H and O–H groups in total. The minimum Gasteiger partial charge on any atom is -0.507 e. The zero-order valence-corrected chi connectivity index (χ0v) is 20.2. The predicted octanol–water partition coefficient (Wildman–Crippen LogP) is 4.51. The van der Waals surface area contributed by atoms with Gasteiger partial charge in [0.25, 0.3) is 11.7 Å². The molecular formula is C23H21BrCl2N2O4. The molecule has 1 amide bonds. The minimum absolute atomic E-state index is 0.0172. The largest absolute Gasteiger partial charge is 0.507 e. The molecule has 4 rings (SSSR count). The van der Waals surface area contributed by atoms with Crippen molar-refractivity contribution in [3.05, 3.63) is 73.7 Å². The van der Waals surface area contributed by atoms with E-state index in [9.17, 15) is 14.7 Å². The van der Waals surface area contributed by atoms with Crippen molar-refractivity contribution in [1.82, 2.24) is 9.80 Å². The number of aliphatic hydroxyl groups is 1. The van der Waals surface area contributed by atoms with E-state index in [1.165, 1.54) is 4.90 Å². The number of Topliss-reactive ketones (excluding diaryl/α,β-unsaturated/α-hetero) is 1. The van der Waals surface area contributed by atoms with Crippen LogP contribution in [-0.2, 0) is 14.3 Å². The van der Waals surface area contributed by atoms with E-state index >= 15 is 0 Å². The van der Waals surface area contributed by atoms with Crippen LogP contribution >= 0.6 is 39.1 Å². The second kappa shape index (κ2) is 9.93. The number of amides is 1. The molecule has 0 radical (unpaired) electrons. The fourth-order valence-electron chi connectivity index (χ4n) is 3.99. The highest BCUT2D eigenvalue weighted by Gasteiger charge is 2.46. The van der Waals surface area contributed by atoms with Crippen LogP contribution < -0.4 is 0 Å². The molecular weight excluding hydrogens is 519 g/mol. The summed E-state index contributed by atoms with van der Waals surface area (Å²) < 4.78 is 6.21. The smallest absolute Gasteiger partial charge is 0.295 e. The Bertz CT molecular complexity index is 1070. The lowest BCUT2D eigenvalue weighted by Crippen LogP contribution is -2.42. The molecule has 2 saturated heterocycles. The highest BCUT2D eigenvalue weighted by molar-refractivity contribution is 9.10. The number of likely N-dealkylation sites (tertiary alicyclic amines) is 1. The molecule has 0 spiro atoms. The number of nitrogens with zero attached hydrogens (tertiary/aromatic N) is 2. The van der Waals surface area contributed by atoms with E-state index in [2.05, 4.69) is 20.8 Å². The summed E-state index contributed by atoms with van der Waals surface area (Å²) in [6.07, 6.45) is 0. The van der Waals surface area contributed by atoms with Gasteiger partial charge in [0.15, 0.2) is 0 Å². The van der Waals surface area contributed by atoms with Crippen LogP contribution in [0, 0.1) is 0 Å². The summed E-state index contributed by atoms with van der Waals surface area (Å²) in [7, 11) is 0. The maximum absolute atomic E-state index is 13.1. The number of hydrogen-bond acceptors (Lipinski definition) is 5. The summed E-state index contributed by atoms with van der Waals surface area (Å²) >= 11 is 15.9. The van der Waals surface area contributed by atoms with Crippen molar-refractivity contribution in [2.24, 2.45) is 0 Å². The molecule has 0 aliphatic carbocycles. The van der Waals surface area contributed by atoms with E-state index in [4.69, 9.17) is 27.9 Å². The number of benzene rings is 2. The third-order valence-corrected chi connectivity index (χ3v) is 6.77. The summed E-state index contributed by atoms with van der Waals surface area (Å²) in [6.45, 7) is 3.68. The van der Waals surface area contributed by atoms with Gasteiger partial charge in [-0.3, -0.25) is 14.5 Å². The molecule has 0 saturated carbocycles. The average molecular weight is 540 g/mol. The molecule has 9 heteroatoms. The second-order valence-electron chi connectivity index (χ2n) is 7.62. The van der Waals surface area contributed by atoms with Crippen molar-refractivity contribution in [1.29, 1.82) is 0 Å². The first-order chi connectivity index (χ1) is 15.4. The van der Waals surface area contributed by atoms with Crippen LogP contribution in [0.15, 0.2) is 52.5 Å². The number of ketones is 1. The Hall–Kier alpha value is -1.90. The topological polar surface area (TPSA) is 70.1 Å². The SMILES string of the molecule is O=C1C(=O)N(CCN2CCOCC2)[C@@H](c2ccc(Cl)cc2Cl)/C1=C(\O)c1ccc(Br)cc1. The van der Waals surface area contributed by atoms with Crippen LogP contribution in [0.3, 0.4) is 0 Å². The molecule has 0 aromatic heterocycles. The zero-order valence-electron chi connectivity index (χ0n) is 17.1. The number of aliphatic hydroxyl groups excluding tert-OH is 1.